The number of halogens is 1. The van der Waals surface area contributed by atoms with Crippen molar-refractivity contribution in [3.05, 3.63) is 50.4 Å². The van der Waals surface area contributed by atoms with E-state index in [1.165, 1.54) is 14.2 Å². The summed E-state index contributed by atoms with van der Waals surface area (Å²) in [5.74, 6) is 0. The second kappa shape index (κ2) is 6.45. The summed E-state index contributed by atoms with van der Waals surface area (Å²) in [6.07, 6.45) is 2.79. The third-order valence-corrected chi connectivity index (χ3v) is 5.06. The molecule has 2 heterocycles. The molecular formula is C14H17BrN2S. The van der Waals surface area contributed by atoms with Gasteiger partial charge in [0.2, 0.25) is 0 Å². The summed E-state index contributed by atoms with van der Waals surface area (Å²) >= 11 is 5.40. The summed E-state index contributed by atoms with van der Waals surface area (Å²) in [6, 6.07) is 8.68. The van der Waals surface area contributed by atoms with Gasteiger partial charge in [-0.2, -0.15) is 0 Å². The van der Waals surface area contributed by atoms with Gasteiger partial charge in [-0.25, -0.2) is 0 Å². The van der Waals surface area contributed by atoms with E-state index in [-0.39, 0.29) is 0 Å². The van der Waals surface area contributed by atoms with Crippen LogP contribution >= 0.6 is 27.3 Å². The van der Waals surface area contributed by atoms with E-state index in [2.05, 4.69) is 52.2 Å². The fraction of sp³-hybridized carbons (Fsp3) is 0.357. The van der Waals surface area contributed by atoms with E-state index in [1.807, 2.05) is 29.7 Å². The maximum atomic E-state index is 4.41. The molecule has 2 aromatic heterocycles. The van der Waals surface area contributed by atoms with Crippen LogP contribution in [-0.4, -0.2) is 11.5 Å². The second-order valence-electron chi connectivity index (χ2n) is 4.24. The molecule has 96 valence electrons. The lowest BCUT2D eigenvalue weighted by molar-refractivity contribution is 0.552. The molecule has 1 atom stereocenters. The zero-order valence-electron chi connectivity index (χ0n) is 10.6. The molecule has 0 amide bonds. The molecule has 2 rings (SSSR count). The Labute approximate surface area is 121 Å². The first kappa shape index (κ1) is 13.7. The molecule has 1 unspecified atom stereocenters. The minimum absolute atomic E-state index is 0.347. The Morgan fingerprint density at radius 1 is 1.44 bits per heavy atom. The Kier molecular flexibility index (Phi) is 4.92. The highest BCUT2D eigenvalue weighted by atomic mass is 79.9. The number of nitrogens with one attached hydrogen (secondary N) is 1. The number of aromatic nitrogens is 1. The largest absolute Gasteiger partial charge is 0.309 e. The number of nitrogens with zero attached hydrogens (tertiary/aromatic N) is 1. The number of likely N-dealkylation sites (N-methyl/N-ethyl adjacent to an activating group) is 1. The van der Waals surface area contributed by atoms with Gasteiger partial charge in [0.15, 0.2) is 0 Å². The predicted octanol–water partition coefficient (Wildman–Crippen LogP) is 4.11. The highest BCUT2D eigenvalue weighted by molar-refractivity contribution is 9.11. The van der Waals surface area contributed by atoms with E-state index in [0.717, 1.165) is 18.7 Å². The Hall–Kier alpha value is -0.710. The quantitative estimate of drug-likeness (QED) is 0.895. The maximum Gasteiger partial charge on any atom is 0.0731 e. The Morgan fingerprint density at radius 2 is 2.28 bits per heavy atom. The van der Waals surface area contributed by atoms with Crippen LogP contribution < -0.4 is 5.32 Å². The molecule has 4 heteroatoms. The van der Waals surface area contributed by atoms with Crippen LogP contribution in [0.15, 0.2) is 34.2 Å². The Balaban J connectivity index is 2.18. The molecule has 0 saturated heterocycles. The maximum absolute atomic E-state index is 4.41. The number of thiophene rings is 1. The highest BCUT2D eigenvalue weighted by Gasteiger charge is 2.15. The van der Waals surface area contributed by atoms with Crippen LogP contribution in [0.4, 0.5) is 0 Å². The molecule has 2 nitrogen and oxygen atoms in total. The van der Waals surface area contributed by atoms with Gasteiger partial charge in [-0.05, 0) is 53.2 Å². The smallest absolute Gasteiger partial charge is 0.0731 e. The van der Waals surface area contributed by atoms with Gasteiger partial charge in [0, 0.05) is 29.2 Å². The van der Waals surface area contributed by atoms with Crippen LogP contribution in [-0.2, 0) is 6.42 Å². The second-order valence-corrected chi connectivity index (χ2v) is 6.64. The monoisotopic (exact) mass is 324 g/mol. The van der Waals surface area contributed by atoms with Crippen molar-refractivity contribution in [1.82, 2.24) is 10.3 Å². The Bertz CT molecular complexity index is 476. The van der Waals surface area contributed by atoms with E-state index in [0.29, 0.717) is 6.04 Å². The lowest BCUT2D eigenvalue weighted by Crippen LogP contribution is -2.22. The van der Waals surface area contributed by atoms with E-state index >= 15 is 0 Å². The first-order valence-corrected chi connectivity index (χ1v) is 7.70. The number of pyridine rings is 1. The topological polar surface area (TPSA) is 24.9 Å². The van der Waals surface area contributed by atoms with Crippen molar-refractivity contribution >= 4 is 27.3 Å². The molecular weight excluding hydrogens is 308 g/mol. The van der Waals surface area contributed by atoms with Crippen LogP contribution in [0.5, 0.6) is 0 Å². The van der Waals surface area contributed by atoms with Gasteiger partial charge in [0.25, 0.3) is 0 Å². The van der Waals surface area contributed by atoms with E-state index in [9.17, 15) is 0 Å². The first-order valence-electron chi connectivity index (χ1n) is 6.09. The third kappa shape index (κ3) is 3.40. The molecule has 0 aliphatic heterocycles. The van der Waals surface area contributed by atoms with Crippen LogP contribution in [0.1, 0.15) is 29.1 Å². The fourth-order valence-corrected chi connectivity index (χ4v) is 3.55. The highest BCUT2D eigenvalue weighted by Crippen LogP contribution is 2.32. The van der Waals surface area contributed by atoms with E-state index < -0.39 is 0 Å². The van der Waals surface area contributed by atoms with Crippen molar-refractivity contribution in [3.63, 3.8) is 0 Å². The van der Waals surface area contributed by atoms with Gasteiger partial charge in [-0.1, -0.05) is 13.0 Å². The summed E-state index contributed by atoms with van der Waals surface area (Å²) in [5, 5.41) is 3.54. The summed E-state index contributed by atoms with van der Waals surface area (Å²) in [7, 11) is 0. The van der Waals surface area contributed by atoms with Crippen molar-refractivity contribution in [3.8, 4) is 0 Å². The molecule has 0 aliphatic rings. The molecule has 2 aromatic rings. The average Bonchev–Trinajstić information content (AvgIpc) is 2.70. The fourth-order valence-electron chi connectivity index (χ4n) is 1.90. The standard InChI is InChI=1S/C14H17BrN2S/c1-3-16-12(9-11-6-4-5-7-17-11)13-8-10(2)14(15)18-13/h4-8,12,16H,3,9H2,1-2H3. The zero-order chi connectivity index (χ0) is 13.0. The van der Waals surface area contributed by atoms with Crippen molar-refractivity contribution < 1.29 is 0 Å². The molecule has 18 heavy (non-hydrogen) atoms. The molecule has 0 fully saturated rings. The third-order valence-electron chi connectivity index (χ3n) is 2.81. The van der Waals surface area contributed by atoms with Crippen molar-refractivity contribution in [2.75, 3.05) is 6.54 Å². The van der Waals surface area contributed by atoms with E-state index in [4.69, 9.17) is 0 Å². The van der Waals surface area contributed by atoms with Gasteiger partial charge in [-0.15, -0.1) is 11.3 Å². The molecule has 0 bridgehead atoms. The number of rotatable bonds is 5. The number of hydrogen-bond acceptors (Lipinski definition) is 3. The van der Waals surface area contributed by atoms with Gasteiger partial charge in [0.1, 0.15) is 0 Å². The van der Waals surface area contributed by atoms with Crippen LogP contribution in [0.25, 0.3) is 0 Å². The summed E-state index contributed by atoms with van der Waals surface area (Å²) in [6.45, 7) is 5.24. The Morgan fingerprint density at radius 3 is 2.83 bits per heavy atom. The van der Waals surface area contributed by atoms with Gasteiger partial charge in [-0.3, -0.25) is 4.98 Å². The van der Waals surface area contributed by atoms with Gasteiger partial charge < -0.3 is 5.32 Å². The number of hydrogen-bond donors (Lipinski definition) is 1. The van der Waals surface area contributed by atoms with Crippen LogP contribution in [0, 0.1) is 6.92 Å². The molecule has 1 N–H and O–H groups in total. The van der Waals surface area contributed by atoms with E-state index in [1.54, 1.807) is 0 Å². The predicted molar refractivity (Wildman–Crippen MR) is 81.1 cm³/mol. The minimum atomic E-state index is 0.347. The number of aryl methyl sites for hydroxylation is 1. The van der Waals surface area contributed by atoms with Crippen molar-refractivity contribution in [1.29, 1.82) is 0 Å². The zero-order valence-corrected chi connectivity index (χ0v) is 13.0. The minimum Gasteiger partial charge on any atom is -0.309 e. The summed E-state index contributed by atoms with van der Waals surface area (Å²) < 4.78 is 1.22. The van der Waals surface area contributed by atoms with Gasteiger partial charge in [0.05, 0.1) is 3.79 Å². The van der Waals surface area contributed by atoms with Crippen LogP contribution in [0.3, 0.4) is 0 Å². The lowest BCUT2D eigenvalue weighted by atomic mass is 10.1. The molecule has 0 radical (unpaired) electrons. The van der Waals surface area contributed by atoms with Crippen molar-refractivity contribution in [2.45, 2.75) is 26.3 Å². The molecule has 0 aromatic carbocycles. The summed E-state index contributed by atoms with van der Waals surface area (Å²) in [4.78, 5) is 5.78. The van der Waals surface area contributed by atoms with Crippen LogP contribution in [0.2, 0.25) is 0 Å². The van der Waals surface area contributed by atoms with Crippen molar-refractivity contribution in [2.24, 2.45) is 0 Å². The molecule has 0 spiro atoms. The molecule has 0 aliphatic carbocycles. The normalized spacial score (nSPS) is 12.6. The SMILES string of the molecule is CCNC(Cc1ccccn1)c1cc(C)c(Br)s1. The average molecular weight is 325 g/mol. The first-order chi connectivity index (χ1) is 8.70. The molecule has 0 saturated carbocycles. The van der Waals surface area contributed by atoms with Gasteiger partial charge >= 0.3 is 0 Å². The lowest BCUT2D eigenvalue weighted by Gasteiger charge is -2.15. The summed E-state index contributed by atoms with van der Waals surface area (Å²) in [5.41, 5.74) is 2.43.